The lowest BCUT2D eigenvalue weighted by Gasteiger charge is -2.02. The summed E-state index contributed by atoms with van der Waals surface area (Å²) in [5.41, 5.74) is 2.38. The Labute approximate surface area is 149 Å². The van der Waals surface area contributed by atoms with Crippen LogP contribution in [0.5, 0.6) is 0 Å². The van der Waals surface area contributed by atoms with Crippen LogP contribution < -0.4 is 5.84 Å². The van der Waals surface area contributed by atoms with E-state index < -0.39 is 0 Å². The number of nitrogens with two attached hydrogens (primary N) is 1. The van der Waals surface area contributed by atoms with Crippen molar-refractivity contribution < 1.29 is 9.18 Å². The van der Waals surface area contributed by atoms with E-state index >= 15 is 0 Å². The van der Waals surface area contributed by atoms with Gasteiger partial charge < -0.3 is 5.84 Å². The number of hydrogen-bond donors (Lipinski definition) is 1. The van der Waals surface area contributed by atoms with Gasteiger partial charge in [0.25, 0.3) is 0 Å². The highest BCUT2D eigenvalue weighted by atomic mass is 32.2. The highest BCUT2D eigenvalue weighted by molar-refractivity contribution is 7.99. The lowest BCUT2D eigenvalue weighted by atomic mass is 10.1. The topological polar surface area (TPSA) is 60.9 Å². The largest absolute Gasteiger partial charge is 0.337 e. The summed E-state index contributed by atoms with van der Waals surface area (Å²) in [6.45, 7) is 0. The summed E-state index contributed by atoms with van der Waals surface area (Å²) in [4.78, 5) is 16.6. The Kier molecular flexibility index (Phi) is 5.50. The molecule has 0 aliphatic rings. The first-order valence-electron chi connectivity index (χ1n) is 7.95. The number of hydrogen-bond acceptors (Lipinski definition) is 4. The van der Waals surface area contributed by atoms with Gasteiger partial charge in [-0.1, -0.05) is 42.1 Å². The smallest absolute Gasteiger partial charge is 0.187 e. The van der Waals surface area contributed by atoms with E-state index in [2.05, 4.69) is 4.98 Å². The van der Waals surface area contributed by atoms with Gasteiger partial charge >= 0.3 is 0 Å². The Balaban J connectivity index is 1.52. The van der Waals surface area contributed by atoms with Crippen LogP contribution in [0.4, 0.5) is 4.39 Å². The molecule has 1 heterocycles. The van der Waals surface area contributed by atoms with Crippen molar-refractivity contribution in [1.29, 1.82) is 0 Å². The zero-order chi connectivity index (χ0) is 17.6. The van der Waals surface area contributed by atoms with Crippen LogP contribution in [0.2, 0.25) is 0 Å². The maximum Gasteiger partial charge on any atom is 0.187 e. The van der Waals surface area contributed by atoms with E-state index in [1.54, 1.807) is 6.20 Å². The normalized spacial score (nSPS) is 10.8. The molecule has 0 amide bonds. The second-order valence-corrected chi connectivity index (χ2v) is 6.63. The minimum atomic E-state index is -0.337. The molecule has 0 spiro atoms. The van der Waals surface area contributed by atoms with E-state index in [1.807, 2.05) is 30.3 Å². The number of Topliss-reactive ketones (excluding diaryl/α,β-unsaturated/α-hetero) is 1. The zero-order valence-corrected chi connectivity index (χ0v) is 14.4. The molecule has 128 valence electrons. The summed E-state index contributed by atoms with van der Waals surface area (Å²) in [6.07, 6.45) is 2.91. The van der Waals surface area contributed by atoms with Gasteiger partial charge in [0.1, 0.15) is 5.82 Å². The standard InChI is InChI=1S/C19H18FN3OS/c20-16-10-8-15(9-11-16)18(24)7-4-12-25-19-22-17(13-23(19)21)14-5-2-1-3-6-14/h1-3,5-6,8-11,13H,4,7,12,21H2. The molecule has 0 bridgehead atoms. The summed E-state index contributed by atoms with van der Waals surface area (Å²) >= 11 is 1.52. The van der Waals surface area contributed by atoms with Crippen LogP contribution >= 0.6 is 11.8 Å². The Morgan fingerprint density at radius 2 is 1.84 bits per heavy atom. The molecule has 6 heteroatoms. The Bertz CT molecular complexity index is 847. The number of benzene rings is 2. The number of nitrogen functional groups attached to an aromatic ring is 1. The lowest BCUT2D eigenvalue weighted by molar-refractivity contribution is 0.0982. The summed E-state index contributed by atoms with van der Waals surface area (Å²) in [7, 11) is 0. The van der Waals surface area contributed by atoms with Gasteiger partial charge in [0.05, 0.1) is 11.9 Å². The van der Waals surface area contributed by atoms with E-state index in [-0.39, 0.29) is 11.6 Å². The van der Waals surface area contributed by atoms with Gasteiger partial charge in [-0.3, -0.25) is 4.79 Å². The lowest BCUT2D eigenvalue weighted by Crippen LogP contribution is -2.08. The van der Waals surface area contributed by atoms with Gasteiger partial charge in [-0.25, -0.2) is 14.1 Å². The van der Waals surface area contributed by atoms with Crippen molar-refractivity contribution in [2.24, 2.45) is 0 Å². The third-order valence-corrected chi connectivity index (χ3v) is 4.77. The van der Waals surface area contributed by atoms with Crippen LogP contribution in [-0.4, -0.2) is 21.2 Å². The molecule has 0 aliphatic heterocycles. The van der Waals surface area contributed by atoms with Crippen LogP contribution in [0.15, 0.2) is 66.0 Å². The SMILES string of the molecule is Nn1cc(-c2ccccc2)nc1SCCCC(=O)c1ccc(F)cc1. The van der Waals surface area contributed by atoms with Crippen LogP contribution in [0, 0.1) is 5.82 Å². The van der Waals surface area contributed by atoms with E-state index in [0.717, 1.165) is 17.0 Å². The fraction of sp³-hybridized carbons (Fsp3) is 0.158. The number of nitrogens with zero attached hydrogens (tertiary/aromatic N) is 2. The predicted octanol–water partition coefficient (Wildman–Crippen LogP) is 4.16. The molecule has 0 radical (unpaired) electrons. The van der Waals surface area contributed by atoms with Crippen molar-refractivity contribution in [3.05, 3.63) is 72.2 Å². The van der Waals surface area contributed by atoms with E-state index in [0.29, 0.717) is 23.6 Å². The molecule has 3 rings (SSSR count). The monoisotopic (exact) mass is 355 g/mol. The number of rotatable bonds is 7. The Hall–Kier alpha value is -2.60. The highest BCUT2D eigenvalue weighted by Gasteiger charge is 2.10. The van der Waals surface area contributed by atoms with Gasteiger partial charge in [-0.05, 0) is 30.7 Å². The molecule has 0 unspecified atom stereocenters. The maximum absolute atomic E-state index is 12.9. The average molecular weight is 355 g/mol. The molecule has 0 atom stereocenters. The first-order valence-corrected chi connectivity index (χ1v) is 8.93. The molecule has 0 saturated carbocycles. The zero-order valence-electron chi connectivity index (χ0n) is 13.6. The maximum atomic E-state index is 12.9. The number of aromatic nitrogens is 2. The summed E-state index contributed by atoms with van der Waals surface area (Å²) in [5, 5.41) is 0.716. The summed E-state index contributed by atoms with van der Waals surface area (Å²) in [6, 6.07) is 15.5. The van der Waals surface area contributed by atoms with Crippen LogP contribution in [0.1, 0.15) is 23.2 Å². The average Bonchev–Trinajstić information content (AvgIpc) is 3.01. The summed E-state index contributed by atoms with van der Waals surface area (Å²) < 4.78 is 14.4. The summed E-state index contributed by atoms with van der Waals surface area (Å²) in [5.74, 6) is 6.37. The molecule has 1 aromatic heterocycles. The van der Waals surface area contributed by atoms with E-state index in [4.69, 9.17) is 5.84 Å². The molecule has 0 aliphatic carbocycles. The van der Waals surface area contributed by atoms with Crippen molar-refractivity contribution >= 4 is 17.5 Å². The van der Waals surface area contributed by atoms with Crippen molar-refractivity contribution in [2.75, 3.05) is 11.6 Å². The minimum absolute atomic E-state index is 0.0154. The molecular formula is C19H18FN3OS. The fourth-order valence-electron chi connectivity index (χ4n) is 2.41. The molecule has 2 N–H and O–H groups in total. The third kappa shape index (κ3) is 4.48. The number of imidazole rings is 1. The number of carbonyl (C=O) groups excluding carboxylic acids is 1. The number of carbonyl (C=O) groups is 1. The molecule has 0 fully saturated rings. The molecule has 3 aromatic rings. The van der Waals surface area contributed by atoms with Crippen molar-refractivity contribution in [1.82, 2.24) is 9.66 Å². The second kappa shape index (κ2) is 7.98. The van der Waals surface area contributed by atoms with Crippen LogP contribution in [0.3, 0.4) is 0 Å². The molecule has 0 saturated heterocycles. The Morgan fingerprint density at radius 1 is 1.12 bits per heavy atom. The molecule has 4 nitrogen and oxygen atoms in total. The third-order valence-electron chi connectivity index (χ3n) is 3.71. The van der Waals surface area contributed by atoms with E-state index in [1.165, 1.54) is 40.7 Å². The Morgan fingerprint density at radius 3 is 2.56 bits per heavy atom. The van der Waals surface area contributed by atoms with Gasteiger partial charge in [-0.2, -0.15) is 0 Å². The highest BCUT2D eigenvalue weighted by Crippen LogP contribution is 2.23. The molecule has 25 heavy (non-hydrogen) atoms. The van der Waals surface area contributed by atoms with Gasteiger partial charge in [0.2, 0.25) is 0 Å². The second-order valence-electron chi connectivity index (χ2n) is 5.56. The van der Waals surface area contributed by atoms with Crippen LogP contribution in [-0.2, 0) is 0 Å². The van der Waals surface area contributed by atoms with Crippen molar-refractivity contribution in [3.8, 4) is 11.3 Å². The molecule has 2 aromatic carbocycles. The van der Waals surface area contributed by atoms with Crippen molar-refractivity contribution in [2.45, 2.75) is 18.0 Å². The minimum Gasteiger partial charge on any atom is -0.337 e. The van der Waals surface area contributed by atoms with E-state index in [9.17, 15) is 9.18 Å². The van der Waals surface area contributed by atoms with Gasteiger partial charge in [0.15, 0.2) is 10.9 Å². The first kappa shape index (κ1) is 17.2. The number of halogens is 1. The number of thioether (sulfide) groups is 1. The fourth-order valence-corrected chi connectivity index (χ4v) is 3.24. The van der Waals surface area contributed by atoms with Crippen LogP contribution in [0.25, 0.3) is 11.3 Å². The van der Waals surface area contributed by atoms with Gasteiger partial charge in [0, 0.05) is 23.3 Å². The molecular weight excluding hydrogens is 337 g/mol. The van der Waals surface area contributed by atoms with Gasteiger partial charge in [-0.15, -0.1) is 0 Å². The predicted molar refractivity (Wildman–Crippen MR) is 98.5 cm³/mol. The number of ketones is 1. The quantitative estimate of drug-likeness (QED) is 0.299. The first-order chi connectivity index (χ1) is 12.1. The van der Waals surface area contributed by atoms with Crippen molar-refractivity contribution in [3.63, 3.8) is 0 Å².